The van der Waals surface area contributed by atoms with Gasteiger partial charge in [0.1, 0.15) is 24.4 Å². The van der Waals surface area contributed by atoms with E-state index in [2.05, 4.69) is 0 Å². The summed E-state index contributed by atoms with van der Waals surface area (Å²) in [5, 5.41) is 0. The minimum atomic E-state index is -1.48. The van der Waals surface area contributed by atoms with Crippen molar-refractivity contribution in [2.75, 3.05) is 0 Å². The number of ketones is 1. The van der Waals surface area contributed by atoms with Gasteiger partial charge in [-0.05, 0) is 66.5 Å². The van der Waals surface area contributed by atoms with Crippen molar-refractivity contribution in [3.05, 3.63) is 64.8 Å². The Morgan fingerprint density at radius 1 is 0.771 bits per heavy atom. The third kappa shape index (κ3) is 7.77. The molecule has 1 fully saturated rings. The molecule has 0 aromatic heterocycles. The number of hydrogen-bond donors (Lipinski definition) is 0. The normalized spacial score (nSPS) is 29.7. The zero-order valence-corrected chi connectivity index (χ0v) is 28.7. The number of carbonyl (C=O) groups is 6. The monoisotopic (exact) mass is 664 g/mol. The molecule has 0 N–H and O–H groups in total. The highest BCUT2D eigenvalue weighted by molar-refractivity contribution is 5.95. The second kappa shape index (κ2) is 14.3. The summed E-state index contributed by atoms with van der Waals surface area (Å²) in [6.45, 7) is 12.0. The first-order valence-electron chi connectivity index (χ1n) is 16.0. The molecule has 0 unspecified atom stereocenters. The number of hydrogen-bond acceptors (Lipinski definition) is 11. The highest BCUT2D eigenvalue weighted by atomic mass is 16.6. The molecule has 1 saturated carbocycles. The van der Waals surface area contributed by atoms with Gasteiger partial charge in [0.25, 0.3) is 0 Å². The average Bonchev–Trinajstić information content (AvgIpc) is 2.97. The molecule has 7 atom stereocenters. The quantitative estimate of drug-likeness (QED) is 0.168. The highest BCUT2D eigenvalue weighted by Crippen LogP contribution is 2.54. The Kier molecular flexibility index (Phi) is 10.8. The summed E-state index contributed by atoms with van der Waals surface area (Å²) in [5.41, 5.74) is -0.236. The largest absolute Gasteiger partial charge is 0.461 e. The molecule has 4 rings (SSSR count). The number of Topliss-reactive ketones (excluding diaryl/α,β-unsaturated/α-hetero) is 1. The van der Waals surface area contributed by atoms with Crippen molar-refractivity contribution >= 4 is 41.7 Å². The average molecular weight is 665 g/mol. The van der Waals surface area contributed by atoms with E-state index in [9.17, 15) is 28.8 Å². The SMILES string of the molecule is CC(=O)O[C@H]1C(=O)[C@@]2(C)CC(=C[C@H](OC(C)=O)[C@@H]3C[C@H](OC(C)=O)C(C)=C1C3(C)C)[C@@H](OC(=O)C=Cc1ccccc1)C[C@@H]2OC(C)=O. The van der Waals surface area contributed by atoms with Crippen molar-refractivity contribution < 1.29 is 52.5 Å². The summed E-state index contributed by atoms with van der Waals surface area (Å²) in [6.07, 6.45) is -0.608. The molecule has 258 valence electrons. The van der Waals surface area contributed by atoms with Crippen LogP contribution in [-0.2, 0) is 52.5 Å². The number of rotatable bonds is 7. The zero-order chi connectivity index (χ0) is 35.6. The van der Waals surface area contributed by atoms with E-state index in [0.29, 0.717) is 16.7 Å². The topological polar surface area (TPSA) is 149 Å². The van der Waals surface area contributed by atoms with Gasteiger partial charge in [0.05, 0.1) is 5.41 Å². The second-order valence-electron chi connectivity index (χ2n) is 13.5. The van der Waals surface area contributed by atoms with E-state index in [4.69, 9.17) is 23.7 Å². The smallest absolute Gasteiger partial charge is 0.331 e. The van der Waals surface area contributed by atoms with Crippen molar-refractivity contribution in [1.29, 1.82) is 0 Å². The summed E-state index contributed by atoms with van der Waals surface area (Å²) in [5.74, 6) is -4.29. The van der Waals surface area contributed by atoms with E-state index in [0.717, 1.165) is 5.56 Å². The lowest BCUT2D eigenvalue weighted by atomic mass is 9.57. The van der Waals surface area contributed by atoms with E-state index in [1.54, 1.807) is 26.0 Å². The van der Waals surface area contributed by atoms with Gasteiger partial charge in [0, 0.05) is 46.1 Å². The molecule has 11 nitrogen and oxygen atoms in total. The van der Waals surface area contributed by atoms with Gasteiger partial charge in [-0.3, -0.25) is 24.0 Å². The Bertz CT molecular complexity index is 1570. The van der Waals surface area contributed by atoms with Crippen LogP contribution in [0.4, 0.5) is 0 Å². The Labute approximate surface area is 280 Å². The van der Waals surface area contributed by atoms with Crippen molar-refractivity contribution in [2.45, 2.75) is 105 Å². The van der Waals surface area contributed by atoms with Crippen LogP contribution in [0, 0.1) is 16.7 Å². The lowest BCUT2D eigenvalue weighted by molar-refractivity contribution is -0.173. The molecule has 0 radical (unpaired) electrons. The third-order valence-electron chi connectivity index (χ3n) is 9.63. The highest BCUT2D eigenvalue weighted by Gasteiger charge is 2.58. The molecule has 0 spiro atoms. The minimum absolute atomic E-state index is 0.0630. The number of ether oxygens (including phenoxy) is 5. The van der Waals surface area contributed by atoms with Gasteiger partial charge in [-0.25, -0.2) is 4.79 Å². The third-order valence-corrected chi connectivity index (χ3v) is 9.63. The molecule has 4 bridgehead atoms. The summed E-state index contributed by atoms with van der Waals surface area (Å²) >= 11 is 0. The molecule has 11 heteroatoms. The maximum Gasteiger partial charge on any atom is 0.331 e. The summed E-state index contributed by atoms with van der Waals surface area (Å²) in [4.78, 5) is 77.9. The van der Waals surface area contributed by atoms with E-state index in [1.807, 2.05) is 44.2 Å². The van der Waals surface area contributed by atoms with Gasteiger partial charge in [0.15, 0.2) is 11.9 Å². The first-order valence-corrected chi connectivity index (χ1v) is 16.0. The maximum absolute atomic E-state index is 14.9. The Morgan fingerprint density at radius 3 is 1.96 bits per heavy atom. The number of carbonyl (C=O) groups excluding carboxylic acids is 6. The van der Waals surface area contributed by atoms with Crippen LogP contribution in [-0.4, -0.2) is 66.1 Å². The van der Waals surface area contributed by atoms with Crippen LogP contribution >= 0.6 is 0 Å². The second-order valence-corrected chi connectivity index (χ2v) is 13.5. The molecule has 3 aliphatic carbocycles. The van der Waals surface area contributed by atoms with E-state index < -0.39 is 82.9 Å². The molecule has 1 aromatic rings. The molecule has 1 aromatic carbocycles. The van der Waals surface area contributed by atoms with Gasteiger partial charge < -0.3 is 23.7 Å². The van der Waals surface area contributed by atoms with Crippen molar-refractivity contribution in [1.82, 2.24) is 0 Å². The van der Waals surface area contributed by atoms with Gasteiger partial charge in [0.2, 0.25) is 0 Å². The van der Waals surface area contributed by atoms with Crippen LogP contribution in [0.5, 0.6) is 0 Å². The first-order chi connectivity index (χ1) is 22.4. The standard InChI is InChI=1S/C37H44O11/c1-20-28(44-21(2)38)17-27-30(45-22(3)39)16-26-19-37(8,35(43)34(47-24(5)41)33(20)36(27,6)7)31(46-23(4)40)18-29(26)48-32(42)15-14-25-12-10-9-11-13-25/h9-16,27-31,34H,17-19H2,1-8H3/t27-,28-,29-,30-,31-,34+,37-/m0/s1. The van der Waals surface area contributed by atoms with Crippen molar-refractivity contribution in [3.63, 3.8) is 0 Å². The molecule has 0 saturated heterocycles. The molecule has 0 amide bonds. The Hall–Kier alpha value is -4.54. The molecule has 48 heavy (non-hydrogen) atoms. The predicted molar refractivity (Wildman–Crippen MR) is 173 cm³/mol. The van der Waals surface area contributed by atoms with E-state index in [-0.39, 0.29) is 19.3 Å². The maximum atomic E-state index is 14.9. The molecule has 0 heterocycles. The minimum Gasteiger partial charge on any atom is -0.461 e. The summed E-state index contributed by atoms with van der Waals surface area (Å²) in [7, 11) is 0. The van der Waals surface area contributed by atoms with Gasteiger partial charge in [-0.15, -0.1) is 0 Å². The van der Waals surface area contributed by atoms with Gasteiger partial charge in [-0.1, -0.05) is 44.2 Å². The number of esters is 5. The Balaban J connectivity index is 1.94. The van der Waals surface area contributed by atoms with Crippen LogP contribution < -0.4 is 0 Å². The molecular formula is C37H44O11. The number of benzene rings is 1. The predicted octanol–water partition coefficient (Wildman–Crippen LogP) is 5.01. The first kappa shape index (κ1) is 36.3. The van der Waals surface area contributed by atoms with Crippen LogP contribution in [0.3, 0.4) is 0 Å². The van der Waals surface area contributed by atoms with Crippen LogP contribution in [0.25, 0.3) is 6.08 Å². The van der Waals surface area contributed by atoms with E-state index >= 15 is 0 Å². The fraction of sp³-hybridized carbons (Fsp3) is 0.514. The molecule has 3 aliphatic rings. The fourth-order valence-corrected chi connectivity index (χ4v) is 7.43. The van der Waals surface area contributed by atoms with Crippen molar-refractivity contribution in [2.24, 2.45) is 16.7 Å². The fourth-order valence-electron chi connectivity index (χ4n) is 7.43. The van der Waals surface area contributed by atoms with E-state index in [1.165, 1.54) is 33.8 Å². The Morgan fingerprint density at radius 2 is 1.38 bits per heavy atom. The molecular weight excluding hydrogens is 620 g/mol. The van der Waals surface area contributed by atoms with Crippen LogP contribution in [0.2, 0.25) is 0 Å². The van der Waals surface area contributed by atoms with Gasteiger partial charge in [-0.2, -0.15) is 0 Å². The zero-order valence-electron chi connectivity index (χ0n) is 28.7. The van der Waals surface area contributed by atoms with Crippen LogP contribution in [0.15, 0.2) is 59.2 Å². The summed E-state index contributed by atoms with van der Waals surface area (Å²) < 4.78 is 29.2. The number of fused-ring (bicyclic) bond motifs is 4. The summed E-state index contributed by atoms with van der Waals surface area (Å²) in [6, 6.07) is 9.16. The van der Waals surface area contributed by atoms with Crippen molar-refractivity contribution in [3.8, 4) is 0 Å². The van der Waals surface area contributed by atoms with Crippen LogP contribution in [0.1, 0.15) is 80.2 Å². The molecule has 0 aliphatic heterocycles. The lowest BCUT2D eigenvalue weighted by Gasteiger charge is -2.51. The van der Waals surface area contributed by atoms with Gasteiger partial charge >= 0.3 is 29.8 Å². The lowest BCUT2D eigenvalue weighted by Crippen LogP contribution is -2.57.